The van der Waals surface area contributed by atoms with E-state index in [9.17, 15) is 0 Å². The number of alkyl halides is 1. The summed E-state index contributed by atoms with van der Waals surface area (Å²) in [6, 6.07) is 42.3. The van der Waals surface area contributed by atoms with Gasteiger partial charge < -0.3 is 4.74 Å². The van der Waals surface area contributed by atoms with Crippen molar-refractivity contribution < 1.29 is 4.74 Å². The minimum Gasteiger partial charge on any atom is -0.494 e. The van der Waals surface area contributed by atoms with Gasteiger partial charge in [-0.25, -0.2) is 0 Å². The van der Waals surface area contributed by atoms with Crippen molar-refractivity contribution in [2.45, 2.75) is 19.3 Å². The molecule has 0 saturated heterocycles. The minimum absolute atomic E-state index is 0.446. The second kappa shape index (κ2) is 14.6. The molecule has 0 aliphatic rings. The molecular weight excluding hydrogens is 475 g/mol. The van der Waals surface area contributed by atoms with E-state index >= 15 is 0 Å². The molecule has 0 atom stereocenters. The molecule has 0 aliphatic carbocycles. The van der Waals surface area contributed by atoms with E-state index in [-0.39, 0.29) is 0 Å². The third-order valence-electron chi connectivity index (χ3n) is 4.83. The van der Waals surface area contributed by atoms with Crippen molar-refractivity contribution in [2.75, 3.05) is 11.9 Å². The van der Waals surface area contributed by atoms with Crippen molar-refractivity contribution in [3.8, 4) is 5.75 Å². The van der Waals surface area contributed by atoms with E-state index in [1.54, 1.807) is 0 Å². The molecule has 3 heteroatoms. The molecular formula is C29H30BrOP. The first-order valence-corrected chi connectivity index (χ1v) is 13.5. The van der Waals surface area contributed by atoms with Crippen LogP contribution in [0.25, 0.3) is 0 Å². The van der Waals surface area contributed by atoms with Gasteiger partial charge in [0.15, 0.2) is 0 Å². The Morgan fingerprint density at radius 1 is 0.500 bits per heavy atom. The smallest absolute Gasteiger partial charge is 0.119 e. The predicted molar refractivity (Wildman–Crippen MR) is 145 cm³/mol. The summed E-state index contributed by atoms with van der Waals surface area (Å²) in [5.74, 6) is 0.973. The van der Waals surface area contributed by atoms with Crippen LogP contribution in [-0.4, -0.2) is 11.9 Å². The van der Waals surface area contributed by atoms with Gasteiger partial charge in [0.25, 0.3) is 0 Å². The highest BCUT2D eigenvalue weighted by Crippen LogP contribution is 2.32. The Bertz CT molecular complexity index is 885. The molecule has 0 unspecified atom stereocenters. The SMILES string of the molecule is BrCCCCCOc1ccccc1.c1ccc(P(c2ccccc2)c2ccccc2)cc1. The molecule has 0 saturated carbocycles. The number of rotatable bonds is 9. The summed E-state index contributed by atoms with van der Waals surface area (Å²) in [4.78, 5) is 0. The van der Waals surface area contributed by atoms with Gasteiger partial charge in [-0.2, -0.15) is 0 Å². The monoisotopic (exact) mass is 504 g/mol. The average molecular weight is 505 g/mol. The molecule has 0 heterocycles. The van der Waals surface area contributed by atoms with Gasteiger partial charge in [0.05, 0.1) is 6.61 Å². The van der Waals surface area contributed by atoms with Crippen LogP contribution in [0.3, 0.4) is 0 Å². The fourth-order valence-corrected chi connectivity index (χ4v) is 5.96. The second-order valence-electron chi connectivity index (χ2n) is 7.25. The number of benzene rings is 4. The fraction of sp³-hybridized carbons (Fsp3) is 0.172. The summed E-state index contributed by atoms with van der Waals surface area (Å²) in [6.45, 7) is 0.830. The standard InChI is InChI=1S/C18H15P.C11H15BrO/c1-4-10-16(11-5-1)19(17-12-6-2-7-13-17)18-14-8-3-9-15-18;12-9-5-2-6-10-13-11-7-3-1-4-8-11/h1-15H;1,3-4,7-8H,2,5-6,9-10H2. The Hall–Kier alpha value is -2.41. The van der Waals surface area contributed by atoms with Crippen molar-refractivity contribution in [1.29, 1.82) is 0 Å². The highest BCUT2D eigenvalue weighted by molar-refractivity contribution is 9.09. The lowest BCUT2D eigenvalue weighted by atomic mass is 10.3. The Balaban J connectivity index is 0.000000195. The van der Waals surface area contributed by atoms with Gasteiger partial charge in [-0.3, -0.25) is 0 Å². The van der Waals surface area contributed by atoms with Crippen molar-refractivity contribution in [3.05, 3.63) is 121 Å². The second-order valence-corrected chi connectivity index (χ2v) is 10.3. The zero-order valence-corrected chi connectivity index (χ0v) is 20.8. The zero-order chi connectivity index (χ0) is 22.3. The molecule has 4 aromatic rings. The van der Waals surface area contributed by atoms with Gasteiger partial charge in [-0.05, 0) is 55.2 Å². The van der Waals surface area contributed by atoms with E-state index in [2.05, 4.69) is 107 Å². The Labute approximate surface area is 202 Å². The summed E-state index contributed by atoms with van der Waals surface area (Å²) in [5, 5.41) is 5.29. The molecule has 0 aliphatic heterocycles. The maximum atomic E-state index is 5.54. The molecule has 0 bridgehead atoms. The van der Waals surface area contributed by atoms with Crippen LogP contribution in [0.4, 0.5) is 0 Å². The summed E-state index contributed by atoms with van der Waals surface area (Å²) >= 11 is 3.41. The molecule has 0 spiro atoms. The van der Waals surface area contributed by atoms with Gasteiger partial charge in [-0.15, -0.1) is 0 Å². The molecule has 1 nitrogen and oxygen atoms in total. The molecule has 0 aromatic heterocycles. The molecule has 0 amide bonds. The van der Waals surface area contributed by atoms with Crippen LogP contribution in [0.15, 0.2) is 121 Å². The molecule has 0 N–H and O–H groups in total. The van der Waals surface area contributed by atoms with Crippen molar-refractivity contribution in [1.82, 2.24) is 0 Å². The Morgan fingerprint density at radius 3 is 1.31 bits per heavy atom. The summed E-state index contributed by atoms with van der Waals surface area (Å²) < 4.78 is 5.54. The first-order chi connectivity index (χ1) is 15.9. The van der Waals surface area contributed by atoms with Crippen LogP contribution < -0.4 is 20.7 Å². The van der Waals surface area contributed by atoms with Gasteiger partial charge in [0.1, 0.15) is 5.75 Å². The number of unbranched alkanes of at least 4 members (excludes halogenated alkanes) is 2. The lowest BCUT2D eigenvalue weighted by molar-refractivity contribution is 0.306. The molecule has 0 fully saturated rings. The van der Waals surface area contributed by atoms with Crippen LogP contribution in [0.1, 0.15) is 19.3 Å². The maximum absolute atomic E-state index is 5.54. The van der Waals surface area contributed by atoms with Gasteiger partial charge >= 0.3 is 0 Å². The molecule has 4 rings (SSSR count). The third-order valence-corrected chi connectivity index (χ3v) is 7.84. The minimum atomic E-state index is -0.446. The highest BCUT2D eigenvalue weighted by Gasteiger charge is 2.14. The fourth-order valence-electron chi connectivity index (χ4n) is 3.26. The molecule has 32 heavy (non-hydrogen) atoms. The first kappa shape index (κ1) is 24.2. The van der Waals surface area contributed by atoms with Gasteiger partial charge in [0.2, 0.25) is 0 Å². The third kappa shape index (κ3) is 8.26. The van der Waals surface area contributed by atoms with Gasteiger partial charge in [0, 0.05) is 5.33 Å². The number of hydrogen-bond acceptors (Lipinski definition) is 1. The van der Waals surface area contributed by atoms with Crippen molar-refractivity contribution in [3.63, 3.8) is 0 Å². The van der Waals surface area contributed by atoms with E-state index in [0.717, 1.165) is 24.1 Å². The average Bonchev–Trinajstić information content (AvgIpc) is 2.87. The summed E-state index contributed by atoms with van der Waals surface area (Å²) in [6.07, 6.45) is 3.61. The van der Waals surface area contributed by atoms with E-state index in [1.807, 2.05) is 30.3 Å². The number of para-hydroxylation sites is 1. The van der Waals surface area contributed by atoms with E-state index in [1.165, 1.54) is 28.8 Å². The van der Waals surface area contributed by atoms with Crippen LogP contribution in [0.2, 0.25) is 0 Å². The van der Waals surface area contributed by atoms with Gasteiger partial charge in [-0.1, -0.05) is 125 Å². The van der Waals surface area contributed by atoms with E-state index in [0.29, 0.717) is 0 Å². The molecule has 0 radical (unpaired) electrons. The predicted octanol–water partition coefficient (Wildman–Crippen LogP) is 7.08. The maximum Gasteiger partial charge on any atom is 0.119 e. The first-order valence-electron chi connectivity index (χ1n) is 11.1. The summed E-state index contributed by atoms with van der Waals surface area (Å²) in [5.41, 5.74) is 0. The topological polar surface area (TPSA) is 9.23 Å². The van der Waals surface area contributed by atoms with E-state index in [4.69, 9.17) is 4.74 Å². The van der Waals surface area contributed by atoms with Crippen molar-refractivity contribution in [2.24, 2.45) is 0 Å². The number of halogens is 1. The van der Waals surface area contributed by atoms with Crippen molar-refractivity contribution >= 4 is 39.8 Å². The van der Waals surface area contributed by atoms with Crippen LogP contribution >= 0.6 is 23.9 Å². The molecule has 164 valence electrons. The Kier molecular flexibility index (Phi) is 11.1. The van der Waals surface area contributed by atoms with E-state index < -0.39 is 7.92 Å². The highest BCUT2D eigenvalue weighted by atomic mass is 79.9. The number of ether oxygens (including phenoxy) is 1. The summed E-state index contributed by atoms with van der Waals surface area (Å²) in [7, 11) is -0.446. The quantitative estimate of drug-likeness (QED) is 0.134. The number of hydrogen-bond donors (Lipinski definition) is 0. The zero-order valence-electron chi connectivity index (χ0n) is 18.3. The lowest BCUT2D eigenvalue weighted by Crippen LogP contribution is -2.20. The van der Waals surface area contributed by atoms with Crippen LogP contribution in [0, 0.1) is 0 Å². The van der Waals surface area contributed by atoms with Crippen LogP contribution in [-0.2, 0) is 0 Å². The normalized spacial score (nSPS) is 10.3. The lowest BCUT2D eigenvalue weighted by Gasteiger charge is -2.18. The molecule has 4 aromatic carbocycles. The largest absolute Gasteiger partial charge is 0.494 e. The Morgan fingerprint density at radius 2 is 0.906 bits per heavy atom. The van der Waals surface area contributed by atoms with Crippen LogP contribution in [0.5, 0.6) is 5.75 Å².